The third kappa shape index (κ3) is 5.15. The standard InChI is InChI=1S/C29H30N2O6S/c1-19-14-15-21(38(34,35)30-24-11-7-9-13-26(24)36-5)17-22(19)28(33)37-18-20(32)16-27-29(2,3)23-10-6-8-12-25(23)31(27)4/h6-17,30H,18H2,1-5H3. The predicted molar refractivity (Wildman–Crippen MR) is 146 cm³/mol. The van der Waals surface area contributed by atoms with Crippen LogP contribution in [-0.4, -0.2) is 40.9 Å². The van der Waals surface area contributed by atoms with Crippen LogP contribution in [0.3, 0.4) is 0 Å². The van der Waals surface area contributed by atoms with Gasteiger partial charge in [-0.1, -0.05) is 50.2 Å². The van der Waals surface area contributed by atoms with Crippen molar-refractivity contribution in [2.45, 2.75) is 31.1 Å². The fourth-order valence-corrected chi connectivity index (χ4v) is 5.68. The molecule has 38 heavy (non-hydrogen) atoms. The fraction of sp³-hybridized carbons (Fsp3) is 0.241. The number of carbonyl (C=O) groups excluding carboxylic acids is 2. The van der Waals surface area contributed by atoms with E-state index in [4.69, 9.17) is 9.47 Å². The summed E-state index contributed by atoms with van der Waals surface area (Å²) in [5, 5.41) is 0. The highest BCUT2D eigenvalue weighted by molar-refractivity contribution is 7.92. The van der Waals surface area contributed by atoms with Crippen LogP contribution in [0.4, 0.5) is 11.4 Å². The Hall–Kier alpha value is -4.11. The average molecular weight is 535 g/mol. The van der Waals surface area contributed by atoms with Crippen LogP contribution in [-0.2, 0) is 25.0 Å². The molecule has 0 saturated heterocycles. The van der Waals surface area contributed by atoms with E-state index >= 15 is 0 Å². The summed E-state index contributed by atoms with van der Waals surface area (Å²) in [5.41, 5.74) is 3.37. The van der Waals surface area contributed by atoms with Crippen LogP contribution < -0.4 is 14.4 Å². The van der Waals surface area contributed by atoms with Gasteiger partial charge in [-0.05, 0) is 48.4 Å². The summed E-state index contributed by atoms with van der Waals surface area (Å²) in [6, 6.07) is 18.7. The number of likely N-dealkylation sites (N-methyl/N-ethyl adjacent to an activating group) is 1. The third-order valence-corrected chi connectivity index (χ3v) is 8.04. The molecule has 0 amide bonds. The monoisotopic (exact) mass is 534 g/mol. The SMILES string of the molecule is COc1ccccc1NS(=O)(=O)c1ccc(C)c(C(=O)OCC(=O)C=C2N(C)c3ccccc3C2(C)C)c1. The minimum absolute atomic E-state index is 0.0547. The van der Waals surface area contributed by atoms with E-state index in [1.54, 1.807) is 31.2 Å². The molecule has 9 heteroatoms. The Morgan fingerprint density at radius 2 is 1.71 bits per heavy atom. The van der Waals surface area contributed by atoms with Gasteiger partial charge in [-0.25, -0.2) is 13.2 Å². The molecule has 1 N–H and O–H groups in total. The maximum absolute atomic E-state index is 13.0. The minimum Gasteiger partial charge on any atom is -0.495 e. The minimum atomic E-state index is -4.03. The number of hydrogen-bond donors (Lipinski definition) is 1. The zero-order chi connectivity index (χ0) is 27.7. The molecule has 0 atom stereocenters. The topological polar surface area (TPSA) is 102 Å². The molecule has 0 radical (unpaired) electrons. The summed E-state index contributed by atoms with van der Waals surface area (Å²) in [6.45, 7) is 5.26. The summed E-state index contributed by atoms with van der Waals surface area (Å²) in [4.78, 5) is 27.5. The molecule has 0 unspecified atom stereocenters. The van der Waals surface area contributed by atoms with Gasteiger partial charge in [0, 0.05) is 29.9 Å². The molecule has 0 spiro atoms. The lowest BCUT2D eigenvalue weighted by atomic mass is 9.83. The highest BCUT2D eigenvalue weighted by Crippen LogP contribution is 2.46. The number of hydrogen-bond acceptors (Lipinski definition) is 7. The number of aryl methyl sites for hydroxylation is 1. The number of para-hydroxylation sites is 3. The largest absolute Gasteiger partial charge is 0.495 e. The van der Waals surface area contributed by atoms with Gasteiger partial charge in [-0.2, -0.15) is 0 Å². The number of anilines is 2. The van der Waals surface area contributed by atoms with Crippen molar-refractivity contribution in [1.82, 2.24) is 0 Å². The maximum atomic E-state index is 13.0. The number of ether oxygens (including phenoxy) is 2. The van der Waals surface area contributed by atoms with E-state index in [0.717, 1.165) is 16.9 Å². The van der Waals surface area contributed by atoms with E-state index in [-0.39, 0.29) is 21.9 Å². The van der Waals surface area contributed by atoms with Crippen LogP contribution in [0.2, 0.25) is 0 Å². The second kappa shape index (κ2) is 10.3. The Morgan fingerprint density at radius 3 is 2.42 bits per heavy atom. The van der Waals surface area contributed by atoms with Crippen LogP contribution >= 0.6 is 0 Å². The first-order valence-corrected chi connectivity index (χ1v) is 13.5. The number of allylic oxidation sites excluding steroid dienone is 1. The van der Waals surface area contributed by atoms with E-state index < -0.39 is 28.0 Å². The Balaban J connectivity index is 1.49. The molecule has 0 fully saturated rings. The number of methoxy groups -OCH3 is 1. The number of ketones is 1. The van der Waals surface area contributed by atoms with Crippen LogP contribution in [0.15, 0.2) is 83.4 Å². The van der Waals surface area contributed by atoms with Crippen LogP contribution in [0.25, 0.3) is 0 Å². The molecule has 0 saturated carbocycles. The molecule has 0 bridgehead atoms. The summed E-state index contributed by atoms with van der Waals surface area (Å²) in [7, 11) is -0.695. The molecule has 3 aromatic carbocycles. The summed E-state index contributed by atoms with van der Waals surface area (Å²) < 4.78 is 39.0. The highest BCUT2D eigenvalue weighted by Gasteiger charge is 2.38. The Kier molecular flexibility index (Phi) is 7.33. The van der Waals surface area contributed by atoms with E-state index in [0.29, 0.717) is 11.3 Å². The van der Waals surface area contributed by atoms with Gasteiger partial charge in [-0.3, -0.25) is 9.52 Å². The normalized spacial score (nSPS) is 15.2. The number of nitrogens with one attached hydrogen (secondary N) is 1. The second-order valence-electron chi connectivity index (χ2n) is 9.56. The van der Waals surface area contributed by atoms with Crippen LogP contribution in [0.1, 0.15) is 35.3 Å². The quantitative estimate of drug-likeness (QED) is 0.326. The number of carbonyl (C=O) groups is 2. The number of fused-ring (bicyclic) bond motifs is 1. The van der Waals surface area contributed by atoms with Gasteiger partial charge in [0.1, 0.15) is 5.75 Å². The van der Waals surface area contributed by atoms with E-state index in [2.05, 4.69) is 4.72 Å². The fourth-order valence-electron chi connectivity index (χ4n) is 4.59. The molecule has 0 aliphatic carbocycles. The smallest absolute Gasteiger partial charge is 0.338 e. The van der Waals surface area contributed by atoms with Crippen LogP contribution in [0.5, 0.6) is 5.75 Å². The number of benzene rings is 3. The molecule has 4 rings (SSSR count). The molecule has 3 aromatic rings. The lowest BCUT2D eigenvalue weighted by Gasteiger charge is -2.23. The van der Waals surface area contributed by atoms with Crippen molar-refractivity contribution in [3.8, 4) is 5.75 Å². The Bertz CT molecular complexity index is 1540. The molecule has 1 aliphatic heterocycles. The van der Waals surface area contributed by atoms with Gasteiger partial charge in [0.2, 0.25) is 0 Å². The van der Waals surface area contributed by atoms with Gasteiger partial charge in [0.05, 0.1) is 23.3 Å². The van der Waals surface area contributed by atoms with Crippen molar-refractivity contribution in [2.24, 2.45) is 0 Å². The zero-order valence-electron chi connectivity index (χ0n) is 21.9. The number of esters is 1. The first kappa shape index (κ1) is 26.9. The molecule has 1 heterocycles. The van der Waals surface area contributed by atoms with Crippen molar-refractivity contribution >= 4 is 33.2 Å². The third-order valence-electron chi connectivity index (χ3n) is 6.67. The Labute approximate surface area is 222 Å². The zero-order valence-corrected chi connectivity index (χ0v) is 22.8. The molecule has 8 nitrogen and oxygen atoms in total. The van der Waals surface area contributed by atoms with Gasteiger partial charge in [-0.15, -0.1) is 0 Å². The average Bonchev–Trinajstić information content (AvgIpc) is 3.08. The molecular formula is C29H30N2O6S. The lowest BCUT2D eigenvalue weighted by molar-refractivity contribution is -0.117. The highest BCUT2D eigenvalue weighted by atomic mass is 32.2. The predicted octanol–water partition coefficient (Wildman–Crippen LogP) is 4.84. The van der Waals surface area contributed by atoms with Gasteiger partial charge < -0.3 is 14.4 Å². The van der Waals surface area contributed by atoms with E-state index in [1.165, 1.54) is 31.4 Å². The molecule has 1 aliphatic rings. The first-order valence-electron chi connectivity index (χ1n) is 12.0. The number of rotatable bonds is 8. The van der Waals surface area contributed by atoms with Crippen molar-refractivity contribution in [3.05, 3.63) is 95.2 Å². The van der Waals surface area contributed by atoms with E-state index in [1.807, 2.05) is 50.1 Å². The Morgan fingerprint density at radius 1 is 1.03 bits per heavy atom. The summed E-state index contributed by atoms with van der Waals surface area (Å²) in [5.74, 6) is -0.805. The van der Waals surface area contributed by atoms with E-state index in [9.17, 15) is 18.0 Å². The van der Waals surface area contributed by atoms with Crippen molar-refractivity contribution < 1.29 is 27.5 Å². The second-order valence-corrected chi connectivity index (χ2v) is 11.2. The van der Waals surface area contributed by atoms with Crippen LogP contribution in [0, 0.1) is 6.92 Å². The molecule has 198 valence electrons. The summed E-state index contributed by atoms with van der Waals surface area (Å²) >= 11 is 0. The van der Waals surface area contributed by atoms with Gasteiger partial charge in [0.15, 0.2) is 12.4 Å². The first-order chi connectivity index (χ1) is 18.0. The maximum Gasteiger partial charge on any atom is 0.338 e. The molecular weight excluding hydrogens is 504 g/mol. The molecule has 0 aromatic heterocycles. The number of sulfonamides is 1. The summed E-state index contributed by atoms with van der Waals surface area (Å²) in [6.07, 6.45) is 1.50. The van der Waals surface area contributed by atoms with Crippen molar-refractivity contribution in [3.63, 3.8) is 0 Å². The van der Waals surface area contributed by atoms with Gasteiger partial charge >= 0.3 is 5.97 Å². The van der Waals surface area contributed by atoms with Gasteiger partial charge in [0.25, 0.3) is 10.0 Å². The van der Waals surface area contributed by atoms with Crippen molar-refractivity contribution in [2.75, 3.05) is 30.4 Å². The number of nitrogens with zero attached hydrogens (tertiary/aromatic N) is 1. The van der Waals surface area contributed by atoms with Crippen molar-refractivity contribution in [1.29, 1.82) is 0 Å². The lowest BCUT2D eigenvalue weighted by Crippen LogP contribution is -2.25.